The number of methoxy groups -OCH3 is 1. The maximum absolute atomic E-state index is 5.17. The van der Waals surface area contributed by atoms with Crippen LogP contribution in [0.1, 0.15) is 5.69 Å². The highest BCUT2D eigenvalue weighted by molar-refractivity contribution is 5.66. The number of ether oxygens (including phenoxy) is 1. The first-order valence-corrected chi connectivity index (χ1v) is 5.88. The van der Waals surface area contributed by atoms with Crippen molar-refractivity contribution in [3.8, 4) is 17.0 Å². The normalized spacial score (nSPS) is 10.8. The van der Waals surface area contributed by atoms with Gasteiger partial charge in [-0.25, -0.2) is 4.98 Å². The molecule has 0 atom stereocenters. The van der Waals surface area contributed by atoms with Crippen LogP contribution in [0.3, 0.4) is 0 Å². The monoisotopic (exact) mass is 238 g/mol. The molecule has 3 nitrogen and oxygen atoms in total. The summed E-state index contributed by atoms with van der Waals surface area (Å²) in [6.07, 6.45) is 2.03. The van der Waals surface area contributed by atoms with Crippen LogP contribution in [0.5, 0.6) is 5.75 Å². The average molecular weight is 238 g/mol. The van der Waals surface area contributed by atoms with Gasteiger partial charge in [0.05, 0.1) is 12.8 Å². The predicted octanol–water partition coefficient (Wildman–Crippen LogP) is 3.32. The summed E-state index contributed by atoms with van der Waals surface area (Å²) in [6.45, 7) is 2.08. The van der Waals surface area contributed by atoms with Crippen LogP contribution in [0, 0.1) is 6.92 Å². The number of hydrogen-bond donors (Lipinski definition) is 0. The van der Waals surface area contributed by atoms with Crippen molar-refractivity contribution in [2.24, 2.45) is 0 Å². The molecule has 0 aliphatic carbocycles. The molecule has 18 heavy (non-hydrogen) atoms. The Kier molecular flexibility index (Phi) is 2.52. The number of aryl methyl sites for hydroxylation is 1. The molecule has 0 unspecified atom stereocenters. The van der Waals surface area contributed by atoms with Gasteiger partial charge in [0.25, 0.3) is 0 Å². The van der Waals surface area contributed by atoms with E-state index >= 15 is 0 Å². The minimum absolute atomic E-state index is 0.861. The second-order valence-corrected chi connectivity index (χ2v) is 4.20. The first-order valence-electron chi connectivity index (χ1n) is 5.88. The van der Waals surface area contributed by atoms with Crippen molar-refractivity contribution in [1.29, 1.82) is 0 Å². The molecule has 0 radical (unpaired) electrons. The summed E-state index contributed by atoms with van der Waals surface area (Å²) in [5, 5.41) is 0. The van der Waals surface area contributed by atoms with Gasteiger partial charge in [-0.05, 0) is 43.3 Å². The van der Waals surface area contributed by atoms with Crippen LogP contribution in [-0.4, -0.2) is 16.5 Å². The lowest BCUT2D eigenvalue weighted by Gasteiger charge is -2.02. The van der Waals surface area contributed by atoms with Gasteiger partial charge in [0.15, 0.2) is 0 Å². The van der Waals surface area contributed by atoms with Crippen LogP contribution in [-0.2, 0) is 0 Å². The third-order valence-corrected chi connectivity index (χ3v) is 3.13. The summed E-state index contributed by atoms with van der Waals surface area (Å²) in [7, 11) is 1.67. The van der Waals surface area contributed by atoms with Crippen LogP contribution in [0.2, 0.25) is 0 Å². The fraction of sp³-hybridized carbons (Fsp3) is 0.133. The molecule has 3 heteroatoms. The molecule has 0 bridgehead atoms. The van der Waals surface area contributed by atoms with Gasteiger partial charge in [-0.15, -0.1) is 0 Å². The second-order valence-electron chi connectivity index (χ2n) is 4.20. The molecule has 0 aliphatic heterocycles. The smallest absolute Gasteiger partial charge is 0.137 e. The molecule has 0 saturated heterocycles. The minimum Gasteiger partial charge on any atom is -0.497 e. The first-order chi connectivity index (χ1) is 8.79. The summed E-state index contributed by atoms with van der Waals surface area (Å²) in [6, 6.07) is 14.0. The quantitative estimate of drug-likeness (QED) is 0.684. The second kappa shape index (κ2) is 4.18. The molecular weight excluding hydrogens is 224 g/mol. The van der Waals surface area contributed by atoms with Crippen LogP contribution in [0.15, 0.2) is 48.7 Å². The predicted molar refractivity (Wildman–Crippen MR) is 71.9 cm³/mol. The molecule has 0 amide bonds. The zero-order valence-corrected chi connectivity index (χ0v) is 10.4. The van der Waals surface area contributed by atoms with Crippen LogP contribution < -0.4 is 4.74 Å². The number of nitrogens with zero attached hydrogens (tertiary/aromatic N) is 2. The third kappa shape index (κ3) is 1.64. The molecule has 0 saturated carbocycles. The molecule has 0 aliphatic rings. The highest BCUT2D eigenvalue weighted by Gasteiger charge is 2.09. The number of hydrogen-bond acceptors (Lipinski definition) is 2. The molecule has 1 aromatic carbocycles. The van der Waals surface area contributed by atoms with E-state index in [1.807, 2.05) is 48.7 Å². The standard InChI is InChI=1S/C15H14N2O/c1-11-15(12-6-8-13(18-2)9-7-12)16-14-5-3-4-10-17(11)14/h3-10H,1-2H3. The van der Waals surface area contributed by atoms with Gasteiger partial charge in [0.1, 0.15) is 11.4 Å². The first kappa shape index (κ1) is 10.8. The lowest BCUT2D eigenvalue weighted by Crippen LogP contribution is -1.86. The van der Waals surface area contributed by atoms with Gasteiger partial charge in [0, 0.05) is 17.5 Å². The Bertz CT molecular complexity index is 683. The Labute approximate surface area is 106 Å². The van der Waals surface area contributed by atoms with Gasteiger partial charge in [0.2, 0.25) is 0 Å². The number of benzene rings is 1. The van der Waals surface area contributed by atoms with Crippen molar-refractivity contribution in [1.82, 2.24) is 9.38 Å². The molecule has 0 fully saturated rings. The van der Waals surface area contributed by atoms with Crippen molar-refractivity contribution >= 4 is 5.65 Å². The van der Waals surface area contributed by atoms with E-state index < -0.39 is 0 Å². The fourth-order valence-corrected chi connectivity index (χ4v) is 2.14. The van der Waals surface area contributed by atoms with Crippen molar-refractivity contribution in [2.45, 2.75) is 6.92 Å². The Balaban J connectivity index is 2.15. The van der Waals surface area contributed by atoms with E-state index in [2.05, 4.69) is 16.3 Å². The maximum Gasteiger partial charge on any atom is 0.137 e. The van der Waals surface area contributed by atoms with Gasteiger partial charge < -0.3 is 9.14 Å². The molecule has 90 valence electrons. The molecule has 3 aromatic rings. The van der Waals surface area contributed by atoms with Crippen molar-refractivity contribution in [2.75, 3.05) is 7.11 Å². The van der Waals surface area contributed by atoms with E-state index in [9.17, 15) is 0 Å². The average Bonchev–Trinajstić information content (AvgIpc) is 2.77. The fourth-order valence-electron chi connectivity index (χ4n) is 2.14. The summed E-state index contributed by atoms with van der Waals surface area (Å²) in [5.74, 6) is 0.861. The highest BCUT2D eigenvalue weighted by atomic mass is 16.5. The zero-order valence-electron chi connectivity index (χ0n) is 10.4. The van der Waals surface area contributed by atoms with Gasteiger partial charge in [-0.1, -0.05) is 6.07 Å². The maximum atomic E-state index is 5.17. The van der Waals surface area contributed by atoms with E-state index in [0.29, 0.717) is 0 Å². The summed E-state index contributed by atoms with van der Waals surface area (Å²) >= 11 is 0. The topological polar surface area (TPSA) is 26.5 Å². The van der Waals surface area contributed by atoms with E-state index in [1.54, 1.807) is 7.11 Å². The number of imidazole rings is 1. The van der Waals surface area contributed by atoms with E-state index in [1.165, 1.54) is 0 Å². The lowest BCUT2D eigenvalue weighted by atomic mass is 10.1. The Morgan fingerprint density at radius 3 is 2.50 bits per heavy atom. The van der Waals surface area contributed by atoms with Crippen molar-refractivity contribution in [3.05, 3.63) is 54.4 Å². The van der Waals surface area contributed by atoms with E-state index in [-0.39, 0.29) is 0 Å². The third-order valence-electron chi connectivity index (χ3n) is 3.13. The van der Waals surface area contributed by atoms with Crippen LogP contribution >= 0.6 is 0 Å². The van der Waals surface area contributed by atoms with E-state index in [4.69, 9.17) is 4.74 Å². The zero-order chi connectivity index (χ0) is 12.5. The van der Waals surface area contributed by atoms with Crippen LogP contribution in [0.4, 0.5) is 0 Å². The van der Waals surface area contributed by atoms with Crippen molar-refractivity contribution < 1.29 is 4.74 Å². The Hall–Kier alpha value is -2.29. The SMILES string of the molecule is COc1ccc(-c2nc3ccccn3c2C)cc1. The largest absolute Gasteiger partial charge is 0.497 e. The summed E-state index contributed by atoms with van der Waals surface area (Å²) in [4.78, 5) is 4.66. The van der Waals surface area contributed by atoms with E-state index in [0.717, 1.165) is 28.3 Å². The molecule has 3 rings (SSSR count). The summed E-state index contributed by atoms with van der Waals surface area (Å²) in [5.41, 5.74) is 4.25. The lowest BCUT2D eigenvalue weighted by molar-refractivity contribution is 0.415. The molecular formula is C15H14N2O. The molecule has 0 spiro atoms. The number of fused-ring (bicyclic) bond motifs is 1. The minimum atomic E-state index is 0.861. The number of aromatic nitrogens is 2. The molecule has 0 N–H and O–H groups in total. The van der Waals surface area contributed by atoms with Crippen molar-refractivity contribution in [3.63, 3.8) is 0 Å². The van der Waals surface area contributed by atoms with Gasteiger partial charge in [-0.3, -0.25) is 0 Å². The summed E-state index contributed by atoms with van der Waals surface area (Å²) < 4.78 is 7.27. The van der Waals surface area contributed by atoms with Gasteiger partial charge >= 0.3 is 0 Å². The molecule has 2 aromatic heterocycles. The van der Waals surface area contributed by atoms with Crippen LogP contribution in [0.25, 0.3) is 16.9 Å². The Morgan fingerprint density at radius 2 is 1.83 bits per heavy atom. The van der Waals surface area contributed by atoms with Gasteiger partial charge in [-0.2, -0.15) is 0 Å². The molecule has 2 heterocycles. The Morgan fingerprint density at radius 1 is 1.06 bits per heavy atom. The number of rotatable bonds is 2. The highest BCUT2D eigenvalue weighted by Crippen LogP contribution is 2.25. The number of pyridine rings is 1.